The van der Waals surface area contributed by atoms with Gasteiger partial charge in [-0.25, -0.2) is 18.5 Å². The van der Waals surface area contributed by atoms with Crippen LogP contribution in [0.2, 0.25) is 0 Å². The largest absolute Gasteiger partial charge is 0.369 e. The van der Waals surface area contributed by atoms with Gasteiger partial charge in [-0.1, -0.05) is 18.2 Å². The fourth-order valence-electron chi connectivity index (χ4n) is 4.01. The van der Waals surface area contributed by atoms with E-state index in [0.29, 0.717) is 27.1 Å². The van der Waals surface area contributed by atoms with E-state index in [0.717, 1.165) is 25.9 Å². The Labute approximate surface area is 193 Å². The van der Waals surface area contributed by atoms with Crippen molar-refractivity contribution < 1.29 is 8.42 Å². The second kappa shape index (κ2) is 8.72. The summed E-state index contributed by atoms with van der Waals surface area (Å²) >= 11 is 1.23. The first kappa shape index (κ1) is 21.8. The lowest BCUT2D eigenvalue weighted by molar-refractivity contribution is 0.441. The summed E-state index contributed by atoms with van der Waals surface area (Å²) in [4.78, 5) is 7.73. The number of piperidine rings is 1. The number of primary sulfonamides is 1. The summed E-state index contributed by atoms with van der Waals surface area (Å²) in [5, 5.41) is 23.2. The number of sulfonamides is 1. The summed E-state index contributed by atoms with van der Waals surface area (Å²) in [6.07, 6.45) is 2.03. The Balaban J connectivity index is 1.70. The van der Waals surface area contributed by atoms with Gasteiger partial charge in [0, 0.05) is 23.0 Å². The Morgan fingerprint density at radius 3 is 2.79 bits per heavy atom. The van der Waals surface area contributed by atoms with Crippen molar-refractivity contribution in [3.63, 3.8) is 0 Å². The van der Waals surface area contributed by atoms with Crippen molar-refractivity contribution in [3.05, 3.63) is 30.3 Å². The predicted molar refractivity (Wildman–Crippen MR) is 125 cm³/mol. The Hall–Kier alpha value is -3.04. The minimum absolute atomic E-state index is 0.0804. The molecule has 2 aromatic carbocycles. The monoisotopic (exact) mass is 486 g/mol. The normalized spacial score (nSPS) is 16.9. The third-order valence-corrected chi connectivity index (χ3v) is 7.56. The fraction of sp³-hybridized carbons (Fsp3) is 0.263. The molecule has 12 nitrogen and oxygen atoms in total. The van der Waals surface area contributed by atoms with Gasteiger partial charge in [0.1, 0.15) is 4.90 Å². The highest BCUT2D eigenvalue weighted by Crippen LogP contribution is 2.41. The molecule has 0 radical (unpaired) electrons. The van der Waals surface area contributed by atoms with Crippen LogP contribution in [0.4, 0.5) is 5.95 Å². The van der Waals surface area contributed by atoms with Gasteiger partial charge in [0.05, 0.1) is 16.6 Å². The second-order valence-electron chi connectivity index (χ2n) is 7.68. The van der Waals surface area contributed by atoms with Crippen LogP contribution in [-0.2, 0) is 10.0 Å². The third kappa shape index (κ3) is 4.30. The molecule has 0 amide bonds. The molecule has 0 unspecified atom stereocenters. The van der Waals surface area contributed by atoms with Crippen molar-refractivity contribution in [1.82, 2.24) is 40.6 Å². The van der Waals surface area contributed by atoms with E-state index in [1.165, 1.54) is 11.9 Å². The lowest BCUT2D eigenvalue weighted by Crippen LogP contribution is -2.40. The SMILES string of the molecule is Nc1nc2c(-c3ccc(SN[C@H]4CCCNC4)c(S(N)(=O)=O)c3-c3nn[nH]n3)cccc2[nH]1. The van der Waals surface area contributed by atoms with E-state index in [2.05, 4.69) is 40.6 Å². The van der Waals surface area contributed by atoms with Crippen LogP contribution >= 0.6 is 11.9 Å². The number of hydrogen-bond donors (Lipinski definition) is 6. The number of fused-ring (bicyclic) bond motifs is 1. The highest BCUT2D eigenvalue weighted by molar-refractivity contribution is 7.98. The lowest BCUT2D eigenvalue weighted by Gasteiger charge is -2.24. The van der Waals surface area contributed by atoms with Crippen molar-refractivity contribution in [2.24, 2.45) is 5.14 Å². The summed E-state index contributed by atoms with van der Waals surface area (Å²) in [7, 11) is -4.17. The number of rotatable bonds is 6. The number of para-hydroxylation sites is 1. The summed E-state index contributed by atoms with van der Waals surface area (Å²) in [5.41, 5.74) is 8.61. The number of H-pyrrole nitrogens is 2. The van der Waals surface area contributed by atoms with E-state index < -0.39 is 10.0 Å². The quantitative estimate of drug-likeness (QED) is 0.214. The maximum atomic E-state index is 12.9. The molecular formula is C19H22N10O2S2. The predicted octanol–water partition coefficient (Wildman–Crippen LogP) is 0.988. The molecule has 0 spiro atoms. The first-order valence-corrected chi connectivity index (χ1v) is 12.6. The van der Waals surface area contributed by atoms with Crippen LogP contribution in [0.3, 0.4) is 0 Å². The third-order valence-electron chi connectivity index (χ3n) is 5.43. The maximum Gasteiger partial charge on any atom is 0.239 e. The average Bonchev–Trinajstić information content (AvgIpc) is 3.46. The highest BCUT2D eigenvalue weighted by Gasteiger charge is 2.28. The standard InChI is InChI=1S/C19H22N10O2S2/c20-19-23-13-5-1-4-12(16(13)24-19)11-6-7-14(32-27-10-3-2-8-22-9-10)17(33(21,30)31)15(11)18-25-28-29-26-18/h1,4-7,10,22,27H,2-3,8-9H2,(H3,20,23,24)(H2,21,30,31)(H,25,26,28,29)/t10-/m0/s1. The summed E-state index contributed by atoms with van der Waals surface area (Å²) in [6.45, 7) is 1.78. The topological polar surface area (TPSA) is 193 Å². The van der Waals surface area contributed by atoms with Crippen molar-refractivity contribution in [3.8, 4) is 22.5 Å². The Bertz CT molecular complexity index is 1400. The number of nitrogens with two attached hydrogens (primary N) is 2. The van der Waals surface area contributed by atoms with Gasteiger partial charge < -0.3 is 16.0 Å². The molecular weight excluding hydrogens is 464 g/mol. The smallest absolute Gasteiger partial charge is 0.239 e. The Kier molecular flexibility index (Phi) is 5.76. The average molecular weight is 487 g/mol. The molecule has 1 aliphatic heterocycles. The van der Waals surface area contributed by atoms with E-state index in [1.807, 2.05) is 24.3 Å². The number of hydrogen-bond acceptors (Lipinski definition) is 10. The van der Waals surface area contributed by atoms with Gasteiger partial charge in [0.15, 0.2) is 5.95 Å². The van der Waals surface area contributed by atoms with Crippen molar-refractivity contribution in [1.29, 1.82) is 0 Å². The van der Waals surface area contributed by atoms with Crippen LogP contribution in [0, 0.1) is 0 Å². The number of anilines is 1. The van der Waals surface area contributed by atoms with E-state index >= 15 is 0 Å². The van der Waals surface area contributed by atoms with E-state index in [4.69, 9.17) is 10.9 Å². The van der Waals surface area contributed by atoms with E-state index in [1.54, 1.807) is 6.07 Å². The van der Waals surface area contributed by atoms with Crippen LogP contribution in [-0.4, -0.2) is 58.1 Å². The maximum absolute atomic E-state index is 12.9. The van der Waals surface area contributed by atoms with Gasteiger partial charge in [-0.15, -0.1) is 10.2 Å². The molecule has 5 rings (SSSR count). The number of tetrazole rings is 1. The van der Waals surface area contributed by atoms with Crippen LogP contribution in [0.5, 0.6) is 0 Å². The number of aromatic amines is 2. The Morgan fingerprint density at radius 2 is 2.06 bits per heavy atom. The van der Waals surface area contributed by atoms with Crippen LogP contribution < -0.4 is 20.9 Å². The number of aromatic nitrogens is 6. The lowest BCUT2D eigenvalue weighted by atomic mass is 9.98. The molecule has 1 fully saturated rings. The summed E-state index contributed by atoms with van der Waals surface area (Å²) in [5.74, 6) is 0.360. The van der Waals surface area contributed by atoms with Crippen LogP contribution in [0.25, 0.3) is 33.5 Å². The first-order chi connectivity index (χ1) is 15.9. The van der Waals surface area contributed by atoms with Crippen molar-refractivity contribution >= 4 is 39.0 Å². The zero-order valence-corrected chi connectivity index (χ0v) is 19.0. The highest BCUT2D eigenvalue weighted by atomic mass is 32.2. The molecule has 0 aliphatic carbocycles. The van der Waals surface area contributed by atoms with E-state index in [9.17, 15) is 8.42 Å². The van der Waals surface area contributed by atoms with Gasteiger partial charge in [0.25, 0.3) is 0 Å². The van der Waals surface area contributed by atoms with Gasteiger partial charge in [0.2, 0.25) is 15.8 Å². The zero-order chi connectivity index (χ0) is 23.0. The van der Waals surface area contributed by atoms with Gasteiger partial charge in [-0.3, -0.25) is 4.72 Å². The number of benzene rings is 2. The molecule has 4 aromatic rings. The van der Waals surface area contributed by atoms with Gasteiger partial charge in [-0.05, 0) is 54.2 Å². The summed E-state index contributed by atoms with van der Waals surface area (Å²) < 4.78 is 29.1. The van der Waals surface area contributed by atoms with E-state index in [-0.39, 0.29) is 28.3 Å². The molecule has 0 saturated carbocycles. The molecule has 1 saturated heterocycles. The molecule has 3 heterocycles. The first-order valence-electron chi connectivity index (χ1n) is 10.2. The summed E-state index contributed by atoms with van der Waals surface area (Å²) in [6, 6.07) is 9.22. The molecule has 8 N–H and O–H groups in total. The van der Waals surface area contributed by atoms with Gasteiger partial charge >= 0.3 is 0 Å². The van der Waals surface area contributed by atoms with Crippen molar-refractivity contribution in [2.45, 2.75) is 28.7 Å². The minimum Gasteiger partial charge on any atom is -0.369 e. The minimum atomic E-state index is -4.17. The molecule has 0 bridgehead atoms. The Morgan fingerprint density at radius 1 is 1.18 bits per heavy atom. The second-order valence-corrected chi connectivity index (χ2v) is 10.1. The van der Waals surface area contributed by atoms with Gasteiger partial charge in [-0.2, -0.15) is 5.21 Å². The number of nitrogens with zero attached hydrogens (tertiary/aromatic N) is 4. The number of nitrogen functional groups attached to an aromatic ring is 1. The molecule has 2 aromatic heterocycles. The molecule has 33 heavy (non-hydrogen) atoms. The molecule has 172 valence electrons. The molecule has 1 atom stereocenters. The van der Waals surface area contributed by atoms with Crippen LogP contribution in [0.15, 0.2) is 40.1 Å². The molecule has 14 heteroatoms. The number of imidazole rings is 1. The fourth-order valence-corrected chi connectivity index (χ4v) is 6.14. The van der Waals surface area contributed by atoms with Crippen molar-refractivity contribution in [2.75, 3.05) is 18.8 Å². The molecule has 1 aliphatic rings. The van der Waals surface area contributed by atoms with Crippen LogP contribution in [0.1, 0.15) is 12.8 Å². The number of nitrogens with one attached hydrogen (secondary N) is 4. The zero-order valence-electron chi connectivity index (χ0n) is 17.4.